The molecule has 2 saturated heterocycles. The van der Waals surface area contributed by atoms with E-state index in [2.05, 4.69) is 11.4 Å². The SMILES string of the molecule is C[C@@H]1C[C@H](NCC(N)C(=O)N2CCCC2C#N)C(=O)N1Cc1cccc(F)c1. The normalized spacial score (nSPS) is 25.8. The van der Waals surface area contributed by atoms with E-state index >= 15 is 0 Å². The fourth-order valence-electron chi connectivity index (χ4n) is 3.96. The summed E-state index contributed by atoms with van der Waals surface area (Å²) in [6.07, 6.45) is 2.08. The molecule has 4 atom stereocenters. The van der Waals surface area contributed by atoms with Gasteiger partial charge in [0, 0.05) is 25.7 Å². The van der Waals surface area contributed by atoms with Crippen molar-refractivity contribution in [1.82, 2.24) is 15.1 Å². The van der Waals surface area contributed by atoms with Crippen molar-refractivity contribution in [1.29, 1.82) is 5.26 Å². The maximum Gasteiger partial charge on any atom is 0.241 e. The number of nitrogens with zero attached hydrogens (tertiary/aromatic N) is 3. The number of rotatable bonds is 6. The van der Waals surface area contributed by atoms with E-state index in [1.807, 2.05) is 6.92 Å². The molecule has 2 unspecified atom stereocenters. The molecule has 0 spiro atoms. The largest absolute Gasteiger partial charge is 0.334 e. The summed E-state index contributed by atoms with van der Waals surface area (Å²) in [6.45, 7) is 3.01. The number of halogens is 1. The summed E-state index contributed by atoms with van der Waals surface area (Å²) >= 11 is 0. The standard InChI is InChI=1S/C20H26FN5O2/c1-13-8-18(20(28)26(13)12-14-4-2-5-15(21)9-14)24-11-17(23)19(27)25-7-3-6-16(25)10-22/h2,4-5,9,13,16-18,24H,3,6-8,11-12,23H2,1H3/t13-,16?,17?,18+/m1/s1. The van der Waals surface area contributed by atoms with E-state index in [4.69, 9.17) is 11.0 Å². The van der Waals surface area contributed by atoms with Crippen LogP contribution in [0.5, 0.6) is 0 Å². The summed E-state index contributed by atoms with van der Waals surface area (Å²) in [5, 5.41) is 12.2. The molecule has 2 amide bonds. The zero-order valence-electron chi connectivity index (χ0n) is 16.0. The van der Waals surface area contributed by atoms with Gasteiger partial charge in [-0.15, -0.1) is 0 Å². The maximum absolute atomic E-state index is 13.4. The molecule has 3 N–H and O–H groups in total. The van der Waals surface area contributed by atoms with E-state index in [-0.39, 0.29) is 30.2 Å². The lowest BCUT2D eigenvalue weighted by Crippen LogP contribution is -2.52. The van der Waals surface area contributed by atoms with E-state index in [1.54, 1.807) is 17.0 Å². The Morgan fingerprint density at radius 2 is 2.29 bits per heavy atom. The summed E-state index contributed by atoms with van der Waals surface area (Å²) in [7, 11) is 0. The number of likely N-dealkylation sites (tertiary alicyclic amines) is 2. The molecule has 0 aromatic heterocycles. The monoisotopic (exact) mass is 387 g/mol. The van der Waals surface area contributed by atoms with Crippen LogP contribution in [0.1, 0.15) is 31.7 Å². The first-order chi connectivity index (χ1) is 13.4. The molecule has 2 aliphatic heterocycles. The molecule has 0 bridgehead atoms. The summed E-state index contributed by atoms with van der Waals surface area (Å²) in [5.74, 6) is -0.660. The molecular weight excluding hydrogens is 361 g/mol. The van der Waals surface area contributed by atoms with Crippen molar-refractivity contribution in [3.05, 3.63) is 35.6 Å². The number of amides is 2. The highest BCUT2D eigenvalue weighted by Gasteiger charge is 2.38. The third-order valence-electron chi connectivity index (χ3n) is 5.52. The number of carbonyl (C=O) groups is 2. The average molecular weight is 387 g/mol. The minimum atomic E-state index is -0.797. The summed E-state index contributed by atoms with van der Waals surface area (Å²) in [5.41, 5.74) is 6.76. The number of hydrogen-bond acceptors (Lipinski definition) is 5. The number of nitrogens with one attached hydrogen (secondary N) is 1. The first-order valence-electron chi connectivity index (χ1n) is 9.64. The van der Waals surface area contributed by atoms with Crippen molar-refractivity contribution in [2.75, 3.05) is 13.1 Å². The molecule has 7 nitrogen and oxygen atoms in total. The summed E-state index contributed by atoms with van der Waals surface area (Å²) < 4.78 is 13.4. The topological polar surface area (TPSA) is 102 Å². The molecule has 8 heteroatoms. The lowest BCUT2D eigenvalue weighted by Gasteiger charge is -2.24. The van der Waals surface area contributed by atoms with Crippen molar-refractivity contribution in [3.8, 4) is 6.07 Å². The molecule has 2 heterocycles. The molecule has 0 saturated carbocycles. The first-order valence-corrected chi connectivity index (χ1v) is 9.64. The van der Waals surface area contributed by atoms with Crippen LogP contribution in [0.3, 0.4) is 0 Å². The van der Waals surface area contributed by atoms with Crippen LogP contribution >= 0.6 is 0 Å². The second-order valence-corrected chi connectivity index (χ2v) is 7.57. The molecule has 2 fully saturated rings. The van der Waals surface area contributed by atoms with E-state index < -0.39 is 18.1 Å². The van der Waals surface area contributed by atoms with Crippen LogP contribution in [0.4, 0.5) is 4.39 Å². The highest BCUT2D eigenvalue weighted by molar-refractivity contribution is 5.85. The highest BCUT2D eigenvalue weighted by atomic mass is 19.1. The number of carbonyl (C=O) groups excluding carboxylic acids is 2. The lowest BCUT2D eigenvalue weighted by molar-refractivity contribution is -0.133. The van der Waals surface area contributed by atoms with Crippen LogP contribution in [-0.4, -0.2) is 58.9 Å². The van der Waals surface area contributed by atoms with Crippen LogP contribution < -0.4 is 11.1 Å². The molecule has 28 heavy (non-hydrogen) atoms. The average Bonchev–Trinajstić information content (AvgIpc) is 3.25. The number of hydrogen-bond donors (Lipinski definition) is 2. The van der Waals surface area contributed by atoms with Gasteiger partial charge >= 0.3 is 0 Å². The Balaban J connectivity index is 1.54. The fourth-order valence-corrected chi connectivity index (χ4v) is 3.96. The predicted octanol–water partition coefficient (Wildman–Crippen LogP) is 0.747. The molecule has 0 aliphatic carbocycles. The number of benzene rings is 1. The van der Waals surface area contributed by atoms with Gasteiger partial charge < -0.3 is 20.9 Å². The van der Waals surface area contributed by atoms with Gasteiger partial charge in [-0.25, -0.2) is 4.39 Å². The summed E-state index contributed by atoms with van der Waals surface area (Å²) in [4.78, 5) is 28.5. The third kappa shape index (κ3) is 4.32. The predicted molar refractivity (Wildman–Crippen MR) is 101 cm³/mol. The van der Waals surface area contributed by atoms with Gasteiger partial charge in [0.1, 0.15) is 11.9 Å². The van der Waals surface area contributed by atoms with Crippen LogP contribution in [-0.2, 0) is 16.1 Å². The van der Waals surface area contributed by atoms with E-state index in [0.717, 1.165) is 12.0 Å². The van der Waals surface area contributed by atoms with Gasteiger partial charge in [0.15, 0.2) is 0 Å². The van der Waals surface area contributed by atoms with Crippen LogP contribution in [0, 0.1) is 17.1 Å². The van der Waals surface area contributed by atoms with Gasteiger partial charge in [0.05, 0.1) is 18.2 Å². The van der Waals surface area contributed by atoms with Crippen molar-refractivity contribution in [2.24, 2.45) is 5.73 Å². The molecule has 1 aromatic rings. The smallest absolute Gasteiger partial charge is 0.241 e. The molecule has 150 valence electrons. The van der Waals surface area contributed by atoms with Crippen molar-refractivity contribution < 1.29 is 14.0 Å². The Morgan fingerprint density at radius 3 is 3.00 bits per heavy atom. The highest BCUT2D eigenvalue weighted by Crippen LogP contribution is 2.22. The second kappa shape index (κ2) is 8.67. The minimum absolute atomic E-state index is 0.00162. The van der Waals surface area contributed by atoms with Gasteiger partial charge in [-0.1, -0.05) is 12.1 Å². The molecule has 2 aliphatic rings. The van der Waals surface area contributed by atoms with Gasteiger partial charge in [-0.05, 0) is 43.9 Å². The number of nitriles is 1. The van der Waals surface area contributed by atoms with Crippen LogP contribution in [0.15, 0.2) is 24.3 Å². The van der Waals surface area contributed by atoms with Crippen molar-refractivity contribution in [2.45, 2.75) is 56.9 Å². The minimum Gasteiger partial charge on any atom is -0.334 e. The molecule has 0 radical (unpaired) electrons. The Bertz CT molecular complexity index is 780. The van der Waals surface area contributed by atoms with Gasteiger partial charge in [-0.3, -0.25) is 9.59 Å². The van der Waals surface area contributed by atoms with E-state index in [1.165, 1.54) is 17.0 Å². The third-order valence-corrected chi connectivity index (χ3v) is 5.52. The Kier molecular flexibility index (Phi) is 6.27. The van der Waals surface area contributed by atoms with Crippen molar-refractivity contribution >= 4 is 11.8 Å². The van der Waals surface area contributed by atoms with E-state index in [9.17, 15) is 14.0 Å². The van der Waals surface area contributed by atoms with E-state index in [0.29, 0.717) is 25.9 Å². The maximum atomic E-state index is 13.4. The number of nitrogens with two attached hydrogens (primary N) is 1. The van der Waals surface area contributed by atoms with Crippen LogP contribution in [0.2, 0.25) is 0 Å². The van der Waals surface area contributed by atoms with Gasteiger partial charge in [0.2, 0.25) is 11.8 Å². The van der Waals surface area contributed by atoms with Crippen molar-refractivity contribution in [3.63, 3.8) is 0 Å². The zero-order chi connectivity index (χ0) is 20.3. The Hall–Kier alpha value is -2.50. The lowest BCUT2D eigenvalue weighted by atomic mass is 10.1. The second-order valence-electron chi connectivity index (χ2n) is 7.57. The fraction of sp³-hybridized carbons (Fsp3) is 0.550. The molecular formula is C20H26FN5O2. The Labute approximate surface area is 164 Å². The Morgan fingerprint density at radius 1 is 1.50 bits per heavy atom. The van der Waals surface area contributed by atoms with Crippen LogP contribution in [0.25, 0.3) is 0 Å². The zero-order valence-corrected chi connectivity index (χ0v) is 16.0. The summed E-state index contributed by atoms with van der Waals surface area (Å²) in [6, 6.07) is 6.73. The molecule has 1 aromatic carbocycles. The first kappa shape index (κ1) is 20.2. The van der Waals surface area contributed by atoms with Gasteiger partial charge in [0.25, 0.3) is 0 Å². The van der Waals surface area contributed by atoms with Gasteiger partial charge in [-0.2, -0.15) is 5.26 Å². The molecule has 3 rings (SSSR count). The quantitative estimate of drug-likeness (QED) is 0.750.